The monoisotopic (exact) mass is 436 g/mol. The van der Waals surface area contributed by atoms with E-state index in [1.54, 1.807) is 20.3 Å². The first-order valence-corrected chi connectivity index (χ1v) is 10.3. The molecule has 0 radical (unpaired) electrons. The second-order valence-electron chi connectivity index (χ2n) is 6.27. The Morgan fingerprint density at radius 1 is 1.17 bits per heavy atom. The fourth-order valence-corrected chi connectivity index (χ4v) is 3.72. The van der Waals surface area contributed by atoms with E-state index in [1.165, 1.54) is 11.8 Å². The minimum Gasteiger partial charge on any atom is -0.497 e. The molecule has 29 heavy (non-hydrogen) atoms. The lowest BCUT2D eigenvalue weighted by molar-refractivity contribution is 0.318. The molecule has 0 amide bonds. The van der Waals surface area contributed by atoms with Gasteiger partial charge in [0.2, 0.25) is 5.88 Å². The summed E-state index contributed by atoms with van der Waals surface area (Å²) in [5, 5.41) is 0.585. The van der Waals surface area contributed by atoms with E-state index in [9.17, 15) is 4.39 Å². The van der Waals surface area contributed by atoms with Crippen molar-refractivity contribution in [3.05, 3.63) is 34.7 Å². The van der Waals surface area contributed by atoms with Crippen molar-refractivity contribution in [1.29, 1.82) is 0 Å². The maximum absolute atomic E-state index is 14.7. The third kappa shape index (κ3) is 3.72. The van der Waals surface area contributed by atoms with Gasteiger partial charge in [-0.1, -0.05) is 23.4 Å². The van der Waals surface area contributed by atoms with Gasteiger partial charge in [-0.2, -0.15) is 4.98 Å². The first-order chi connectivity index (χ1) is 14.0. The molecule has 1 aliphatic rings. The van der Waals surface area contributed by atoms with E-state index < -0.39 is 5.82 Å². The van der Waals surface area contributed by atoms with E-state index in [0.717, 1.165) is 5.56 Å². The van der Waals surface area contributed by atoms with Crippen molar-refractivity contribution in [1.82, 2.24) is 15.0 Å². The average molecular weight is 437 g/mol. The van der Waals surface area contributed by atoms with Gasteiger partial charge in [-0.05, 0) is 24.0 Å². The number of rotatable bonds is 5. The lowest BCUT2D eigenvalue weighted by atomic mass is 10.1. The molecule has 0 unspecified atom stereocenters. The number of pyridine rings is 1. The second-order valence-corrected chi connectivity index (χ2v) is 7.40. The van der Waals surface area contributed by atoms with Gasteiger partial charge in [-0.15, -0.1) is 0 Å². The van der Waals surface area contributed by atoms with Gasteiger partial charge in [0, 0.05) is 12.6 Å². The molecule has 0 saturated carbocycles. The van der Waals surface area contributed by atoms with Crippen LogP contribution in [0.3, 0.4) is 0 Å². The fourth-order valence-electron chi connectivity index (χ4n) is 3.19. The summed E-state index contributed by atoms with van der Waals surface area (Å²) in [6.45, 7) is 1.35. The zero-order valence-corrected chi connectivity index (χ0v) is 17.6. The number of thioether (sulfide) groups is 1. The molecule has 0 bridgehead atoms. The van der Waals surface area contributed by atoms with Crippen LogP contribution in [-0.2, 0) is 6.54 Å². The Hall–Kier alpha value is -2.52. The predicted octanol–water partition coefficient (Wildman–Crippen LogP) is 3.96. The Kier molecular flexibility index (Phi) is 5.51. The molecule has 0 saturated heterocycles. The van der Waals surface area contributed by atoms with Crippen LogP contribution < -0.4 is 19.1 Å². The van der Waals surface area contributed by atoms with Crippen LogP contribution in [0.2, 0.25) is 5.15 Å². The van der Waals surface area contributed by atoms with E-state index in [-0.39, 0.29) is 16.5 Å². The van der Waals surface area contributed by atoms with E-state index in [4.69, 9.17) is 25.8 Å². The maximum atomic E-state index is 14.7. The summed E-state index contributed by atoms with van der Waals surface area (Å²) in [6.07, 6.45) is 1.83. The SMILES string of the molecule is COc1cc(CN2CCOc3nc(Cl)c(F)c4nc(SC)nc2c34)cc(OC)c1. The highest BCUT2D eigenvalue weighted by molar-refractivity contribution is 7.98. The van der Waals surface area contributed by atoms with Crippen LogP contribution in [0.1, 0.15) is 5.56 Å². The van der Waals surface area contributed by atoms with Crippen LogP contribution in [0.15, 0.2) is 23.4 Å². The summed E-state index contributed by atoms with van der Waals surface area (Å²) < 4.78 is 31.2. The third-order valence-electron chi connectivity index (χ3n) is 4.54. The lowest BCUT2D eigenvalue weighted by Gasteiger charge is -2.23. The smallest absolute Gasteiger partial charge is 0.228 e. The number of ether oxygens (including phenoxy) is 3. The molecular formula is C19H18ClFN4O3S. The van der Waals surface area contributed by atoms with Gasteiger partial charge in [0.25, 0.3) is 0 Å². The molecule has 0 spiro atoms. The zero-order chi connectivity index (χ0) is 20.5. The maximum Gasteiger partial charge on any atom is 0.228 e. The molecule has 10 heteroatoms. The van der Waals surface area contributed by atoms with Crippen LogP contribution in [0, 0.1) is 5.82 Å². The number of hydrogen-bond acceptors (Lipinski definition) is 8. The minimum absolute atomic E-state index is 0.101. The number of hydrogen-bond donors (Lipinski definition) is 0. The number of methoxy groups -OCH3 is 2. The number of halogens is 2. The van der Waals surface area contributed by atoms with Crippen molar-refractivity contribution in [3.63, 3.8) is 0 Å². The Bertz CT molecular complexity index is 1060. The molecule has 152 valence electrons. The summed E-state index contributed by atoms with van der Waals surface area (Å²) in [7, 11) is 3.21. The lowest BCUT2D eigenvalue weighted by Crippen LogP contribution is -2.27. The molecule has 2 aromatic heterocycles. The van der Waals surface area contributed by atoms with Gasteiger partial charge < -0.3 is 19.1 Å². The molecular weight excluding hydrogens is 419 g/mol. The molecule has 3 heterocycles. The summed E-state index contributed by atoms with van der Waals surface area (Å²) in [6, 6.07) is 5.65. The van der Waals surface area contributed by atoms with Crippen molar-refractivity contribution >= 4 is 40.1 Å². The summed E-state index contributed by atoms with van der Waals surface area (Å²) in [5.41, 5.74) is 1.05. The number of benzene rings is 1. The van der Waals surface area contributed by atoms with E-state index >= 15 is 0 Å². The minimum atomic E-state index is -0.683. The summed E-state index contributed by atoms with van der Waals surface area (Å²) >= 11 is 7.28. The van der Waals surface area contributed by atoms with E-state index in [2.05, 4.69) is 15.0 Å². The highest BCUT2D eigenvalue weighted by atomic mass is 35.5. The summed E-state index contributed by atoms with van der Waals surface area (Å²) in [5.74, 6) is 1.47. The number of nitrogens with zero attached hydrogens (tertiary/aromatic N) is 4. The van der Waals surface area contributed by atoms with Gasteiger partial charge in [-0.25, -0.2) is 14.4 Å². The number of anilines is 1. The van der Waals surface area contributed by atoms with E-state index in [0.29, 0.717) is 47.6 Å². The standard InChI is InChI=1S/C19H18ClFN4O3S/c1-26-11-6-10(7-12(8-11)27-2)9-25-4-5-28-18-13-15(14(21)16(20)23-18)22-19(29-3)24-17(13)25/h6-8H,4-5,9H2,1-3H3. The van der Waals surface area contributed by atoms with Gasteiger partial charge in [0.05, 0.1) is 20.8 Å². The van der Waals surface area contributed by atoms with Crippen molar-refractivity contribution < 1.29 is 18.6 Å². The van der Waals surface area contributed by atoms with Crippen LogP contribution in [0.4, 0.5) is 10.2 Å². The van der Waals surface area contributed by atoms with E-state index in [1.807, 2.05) is 23.3 Å². The first-order valence-electron chi connectivity index (χ1n) is 8.74. The Balaban J connectivity index is 1.86. The highest BCUT2D eigenvalue weighted by Crippen LogP contribution is 2.38. The molecule has 1 aromatic carbocycles. The topological polar surface area (TPSA) is 69.6 Å². The molecule has 4 rings (SSSR count). The third-order valence-corrected chi connectivity index (χ3v) is 5.34. The Morgan fingerprint density at radius 3 is 2.55 bits per heavy atom. The Labute approximate surface area is 176 Å². The molecule has 1 aliphatic heterocycles. The predicted molar refractivity (Wildman–Crippen MR) is 110 cm³/mol. The van der Waals surface area contributed by atoms with Crippen LogP contribution in [0.5, 0.6) is 17.4 Å². The molecule has 3 aromatic rings. The number of aromatic nitrogens is 3. The highest BCUT2D eigenvalue weighted by Gasteiger charge is 2.26. The average Bonchev–Trinajstić information content (AvgIpc) is 2.91. The molecule has 0 aliphatic carbocycles. The van der Waals surface area contributed by atoms with Crippen LogP contribution >= 0.6 is 23.4 Å². The first kappa shape index (κ1) is 19.8. The van der Waals surface area contributed by atoms with Crippen molar-refractivity contribution in [2.24, 2.45) is 0 Å². The van der Waals surface area contributed by atoms with Crippen molar-refractivity contribution in [2.45, 2.75) is 11.7 Å². The Morgan fingerprint density at radius 2 is 1.90 bits per heavy atom. The molecule has 0 fully saturated rings. The quantitative estimate of drug-likeness (QED) is 0.338. The van der Waals surface area contributed by atoms with Gasteiger partial charge in [-0.3, -0.25) is 0 Å². The normalized spacial score (nSPS) is 13.2. The van der Waals surface area contributed by atoms with Gasteiger partial charge >= 0.3 is 0 Å². The molecule has 0 N–H and O–H groups in total. The molecule has 0 atom stereocenters. The molecule has 7 nitrogen and oxygen atoms in total. The van der Waals surface area contributed by atoms with Gasteiger partial charge in [0.1, 0.15) is 34.8 Å². The fraction of sp³-hybridized carbons (Fsp3) is 0.316. The van der Waals surface area contributed by atoms with Gasteiger partial charge in [0.15, 0.2) is 16.1 Å². The second kappa shape index (κ2) is 8.08. The van der Waals surface area contributed by atoms with Crippen LogP contribution in [-0.4, -0.2) is 48.6 Å². The van der Waals surface area contributed by atoms with Crippen molar-refractivity contribution in [2.75, 3.05) is 38.5 Å². The van der Waals surface area contributed by atoms with Crippen molar-refractivity contribution in [3.8, 4) is 17.4 Å². The van der Waals surface area contributed by atoms with Crippen LogP contribution in [0.25, 0.3) is 10.9 Å². The zero-order valence-electron chi connectivity index (χ0n) is 16.0. The largest absolute Gasteiger partial charge is 0.497 e. The summed E-state index contributed by atoms with van der Waals surface area (Å²) in [4.78, 5) is 15.0.